The van der Waals surface area contributed by atoms with Crippen molar-refractivity contribution in [1.82, 2.24) is 9.97 Å². The summed E-state index contributed by atoms with van der Waals surface area (Å²) in [5.41, 5.74) is 1.94. The van der Waals surface area contributed by atoms with Crippen LogP contribution in [0.4, 0.5) is 4.39 Å². The van der Waals surface area contributed by atoms with Crippen LogP contribution in [0.1, 0.15) is 24.0 Å². The normalized spacial score (nSPS) is 10.5. The van der Waals surface area contributed by atoms with Crippen LogP contribution in [0, 0.1) is 10.5 Å². The van der Waals surface area contributed by atoms with Crippen LogP contribution in [-0.4, -0.2) is 9.97 Å². The second-order valence-electron chi connectivity index (χ2n) is 3.85. The zero-order valence-corrected chi connectivity index (χ0v) is 10.4. The van der Waals surface area contributed by atoms with Crippen molar-refractivity contribution in [2.45, 2.75) is 19.8 Å². The van der Waals surface area contributed by atoms with Crippen LogP contribution < -0.4 is 0 Å². The average molecular weight is 248 g/mol. The summed E-state index contributed by atoms with van der Waals surface area (Å²) >= 11 is 5.09. The van der Waals surface area contributed by atoms with Gasteiger partial charge in [0.05, 0.1) is 0 Å². The van der Waals surface area contributed by atoms with Gasteiger partial charge in [-0.15, -0.1) is 0 Å². The molecule has 0 aliphatic carbocycles. The monoisotopic (exact) mass is 248 g/mol. The number of halogens is 1. The lowest BCUT2D eigenvalue weighted by Gasteiger charge is -2.04. The first-order chi connectivity index (χ1) is 8.17. The third-order valence-corrected chi connectivity index (χ3v) is 2.70. The molecule has 0 bridgehead atoms. The van der Waals surface area contributed by atoms with Crippen molar-refractivity contribution in [2.75, 3.05) is 0 Å². The summed E-state index contributed by atoms with van der Waals surface area (Å²) < 4.78 is 13.6. The van der Waals surface area contributed by atoms with Crippen LogP contribution in [0.2, 0.25) is 0 Å². The molecule has 2 aromatic rings. The molecule has 0 saturated carbocycles. The molecular weight excluding hydrogens is 235 g/mol. The molecule has 0 fully saturated rings. The molecule has 0 unspecified atom stereocenters. The fourth-order valence-corrected chi connectivity index (χ4v) is 1.93. The maximum absolute atomic E-state index is 13.0. The van der Waals surface area contributed by atoms with Gasteiger partial charge >= 0.3 is 0 Å². The van der Waals surface area contributed by atoms with Gasteiger partial charge in [0.15, 0.2) is 0 Å². The number of rotatable bonds is 3. The van der Waals surface area contributed by atoms with Gasteiger partial charge in [0.1, 0.15) is 16.3 Å². The van der Waals surface area contributed by atoms with E-state index in [-0.39, 0.29) is 5.82 Å². The van der Waals surface area contributed by atoms with Gasteiger partial charge in [-0.25, -0.2) is 9.37 Å². The summed E-state index contributed by atoms with van der Waals surface area (Å²) in [7, 11) is 0. The lowest BCUT2D eigenvalue weighted by atomic mass is 10.1. The number of nitrogens with zero attached hydrogens (tertiary/aromatic N) is 1. The van der Waals surface area contributed by atoms with Crippen molar-refractivity contribution < 1.29 is 4.39 Å². The maximum Gasteiger partial charge on any atom is 0.130 e. The first-order valence-electron chi connectivity index (χ1n) is 5.51. The fraction of sp³-hybridized carbons (Fsp3) is 0.231. The van der Waals surface area contributed by atoms with Crippen molar-refractivity contribution in [3.05, 3.63) is 57.9 Å². The molecular formula is C13H13FN2S. The smallest absolute Gasteiger partial charge is 0.130 e. The van der Waals surface area contributed by atoms with Crippen LogP contribution in [0.3, 0.4) is 0 Å². The van der Waals surface area contributed by atoms with E-state index in [0.717, 1.165) is 23.5 Å². The number of aromatic amines is 1. The molecule has 1 N–H and O–H groups in total. The Morgan fingerprint density at radius 3 is 2.88 bits per heavy atom. The molecule has 17 heavy (non-hydrogen) atoms. The highest BCUT2D eigenvalue weighted by Gasteiger charge is 2.01. The Morgan fingerprint density at radius 2 is 2.18 bits per heavy atom. The minimum Gasteiger partial charge on any atom is -0.347 e. The van der Waals surface area contributed by atoms with E-state index in [0.29, 0.717) is 11.1 Å². The van der Waals surface area contributed by atoms with Crippen LogP contribution in [0.25, 0.3) is 0 Å². The predicted molar refractivity (Wildman–Crippen MR) is 68.0 cm³/mol. The van der Waals surface area contributed by atoms with E-state index in [1.807, 2.05) is 19.1 Å². The zero-order valence-electron chi connectivity index (χ0n) is 9.53. The van der Waals surface area contributed by atoms with E-state index in [9.17, 15) is 4.39 Å². The van der Waals surface area contributed by atoms with Crippen molar-refractivity contribution >= 4 is 12.2 Å². The molecule has 0 spiro atoms. The van der Waals surface area contributed by atoms with Crippen LogP contribution in [0.15, 0.2) is 30.3 Å². The first kappa shape index (κ1) is 11.9. The van der Waals surface area contributed by atoms with Gasteiger partial charge < -0.3 is 4.98 Å². The number of H-pyrrole nitrogens is 1. The first-order valence-corrected chi connectivity index (χ1v) is 5.92. The summed E-state index contributed by atoms with van der Waals surface area (Å²) in [6.45, 7) is 2.05. The molecule has 0 radical (unpaired) electrons. The van der Waals surface area contributed by atoms with Crippen LogP contribution in [-0.2, 0) is 12.8 Å². The molecule has 1 aromatic carbocycles. The van der Waals surface area contributed by atoms with E-state index in [1.54, 1.807) is 6.07 Å². The molecule has 2 rings (SSSR count). The number of hydrogen-bond acceptors (Lipinski definition) is 2. The number of nitrogens with one attached hydrogen (secondary N) is 1. The van der Waals surface area contributed by atoms with Gasteiger partial charge in [-0.1, -0.05) is 31.3 Å². The summed E-state index contributed by atoms with van der Waals surface area (Å²) in [4.78, 5) is 7.45. The van der Waals surface area contributed by atoms with Gasteiger partial charge in [-0.05, 0) is 30.2 Å². The highest BCUT2D eigenvalue weighted by Crippen LogP contribution is 2.08. The largest absolute Gasteiger partial charge is 0.347 e. The molecule has 0 aliphatic rings. The molecule has 1 aromatic heterocycles. The summed E-state index contributed by atoms with van der Waals surface area (Å²) in [5.74, 6) is 0.549. The number of hydrogen-bond donors (Lipinski definition) is 1. The summed E-state index contributed by atoms with van der Waals surface area (Å²) in [5, 5.41) is 0. The zero-order chi connectivity index (χ0) is 12.3. The van der Waals surface area contributed by atoms with Gasteiger partial charge in [-0.2, -0.15) is 0 Å². The number of aryl methyl sites for hydroxylation is 1. The quantitative estimate of drug-likeness (QED) is 0.843. The van der Waals surface area contributed by atoms with Crippen molar-refractivity contribution in [3.8, 4) is 0 Å². The third kappa shape index (κ3) is 3.20. The van der Waals surface area contributed by atoms with Gasteiger partial charge in [0, 0.05) is 12.1 Å². The Bertz CT molecular complexity index is 578. The van der Waals surface area contributed by atoms with Gasteiger partial charge in [0.25, 0.3) is 0 Å². The average Bonchev–Trinajstić information content (AvgIpc) is 2.28. The van der Waals surface area contributed by atoms with Crippen molar-refractivity contribution in [2.24, 2.45) is 0 Å². The molecule has 2 nitrogen and oxygen atoms in total. The van der Waals surface area contributed by atoms with E-state index in [1.165, 1.54) is 12.1 Å². The number of benzene rings is 1. The minimum atomic E-state index is -0.229. The van der Waals surface area contributed by atoms with Crippen LogP contribution >= 0.6 is 12.2 Å². The molecule has 0 amide bonds. The van der Waals surface area contributed by atoms with Crippen molar-refractivity contribution in [1.29, 1.82) is 0 Å². The highest BCUT2D eigenvalue weighted by atomic mass is 32.1. The predicted octanol–water partition coefficient (Wildman–Crippen LogP) is 3.43. The SMILES string of the molecule is CCc1cc(=S)nc(Cc2cccc(F)c2)[nH]1. The van der Waals surface area contributed by atoms with Gasteiger partial charge in [0.2, 0.25) is 0 Å². The molecule has 0 aliphatic heterocycles. The molecule has 88 valence electrons. The van der Waals surface area contributed by atoms with E-state index in [2.05, 4.69) is 9.97 Å². The second kappa shape index (κ2) is 5.19. The topological polar surface area (TPSA) is 28.7 Å². The Hall–Kier alpha value is -1.55. The highest BCUT2D eigenvalue weighted by molar-refractivity contribution is 7.71. The Kier molecular flexibility index (Phi) is 3.64. The minimum absolute atomic E-state index is 0.229. The van der Waals surface area contributed by atoms with E-state index in [4.69, 9.17) is 12.2 Å². The third-order valence-electron chi connectivity index (χ3n) is 2.49. The molecule has 4 heteroatoms. The lowest BCUT2D eigenvalue weighted by Crippen LogP contribution is -2.00. The molecule has 0 atom stereocenters. The second-order valence-corrected chi connectivity index (χ2v) is 4.27. The summed E-state index contributed by atoms with van der Waals surface area (Å²) in [6.07, 6.45) is 1.44. The van der Waals surface area contributed by atoms with Crippen LogP contribution in [0.5, 0.6) is 0 Å². The Morgan fingerprint density at radius 1 is 1.35 bits per heavy atom. The van der Waals surface area contributed by atoms with Gasteiger partial charge in [-0.3, -0.25) is 0 Å². The van der Waals surface area contributed by atoms with E-state index < -0.39 is 0 Å². The molecule has 1 heterocycles. The maximum atomic E-state index is 13.0. The molecule has 0 saturated heterocycles. The van der Waals surface area contributed by atoms with Crippen molar-refractivity contribution in [3.63, 3.8) is 0 Å². The summed E-state index contributed by atoms with van der Waals surface area (Å²) in [6, 6.07) is 8.37. The Balaban J connectivity index is 2.29. The van der Waals surface area contributed by atoms with E-state index >= 15 is 0 Å². The fourth-order valence-electron chi connectivity index (χ4n) is 1.68. The number of aromatic nitrogens is 2. The lowest BCUT2D eigenvalue weighted by molar-refractivity contribution is 0.625. The Labute approximate surface area is 105 Å². The standard InChI is InChI=1S/C13H13FN2S/c1-2-11-8-13(17)16-12(15-11)7-9-4-3-5-10(14)6-9/h3-6,8H,2,7H2,1H3,(H,15,16,17).